The van der Waals surface area contributed by atoms with E-state index in [-0.39, 0.29) is 12.0 Å². The topological polar surface area (TPSA) is 164 Å². The highest BCUT2D eigenvalue weighted by atomic mass is 16.8. The third-order valence-electron chi connectivity index (χ3n) is 5.41. The van der Waals surface area contributed by atoms with Crippen molar-refractivity contribution in [1.82, 2.24) is 0 Å². The van der Waals surface area contributed by atoms with Gasteiger partial charge in [-0.15, -0.1) is 0 Å². The van der Waals surface area contributed by atoms with Crippen LogP contribution < -0.4 is 0 Å². The summed E-state index contributed by atoms with van der Waals surface area (Å²) in [6.07, 6.45) is -8.71. The van der Waals surface area contributed by atoms with Crippen LogP contribution in [0.15, 0.2) is 11.8 Å². The summed E-state index contributed by atoms with van der Waals surface area (Å²) < 4.78 is 26.8. The monoisotopic (exact) mass is 406 g/mol. The van der Waals surface area contributed by atoms with Gasteiger partial charge in [-0.2, -0.15) is 0 Å². The maximum Gasteiger partial charge on any atom is 0.337 e. The van der Waals surface area contributed by atoms with Crippen LogP contribution >= 0.6 is 0 Å². The quantitative estimate of drug-likeness (QED) is 0.315. The first kappa shape index (κ1) is 21.4. The third-order valence-corrected chi connectivity index (χ3v) is 5.41. The van der Waals surface area contributed by atoms with Crippen molar-refractivity contribution in [3.05, 3.63) is 11.8 Å². The first-order valence-electron chi connectivity index (χ1n) is 9.01. The van der Waals surface area contributed by atoms with E-state index in [0.717, 1.165) is 0 Å². The average Bonchev–Trinajstić information content (AvgIpc) is 2.67. The predicted molar refractivity (Wildman–Crippen MR) is 88.0 cm³/mol. The smallest absolute Gasteiger partial charge is 0.337 e. The average molecular weight is 406 g/mol. The van der Waals surface area contributed by atoms with E-state index in [0.29, 0.717) is 0 Å². The van der Waals surface area contributed by atoms with E-state index >= 15 is 0 Å². The predicted octanol–water partition coefficient (Wildman–Crippen LogP) is -2.42. The summed E-state index contributed by atoms with van der Waals surface area (Å²) in [5.74, 6) is -1.67. The van der Waals surface area contributed by atoms with Crippen LogP contribution in [0.1, 0.15) is 13.3 Å². The molecule has 3 rings (SSSR count). The second-order valence-electron chi connectivity index (χ2n) is 7.12. The van der Waals surface area contributed by atoms with Gasteiger partial charge in [-0.3, -0.25) is 0 Å². The maximum absolute atomic E-state index is 12.1. The zero-order chi connectivity index (χ0) is 20.6. The second kappa shape index (κ2) is 8.59. The van der Waals surface area contributed by atoms with Gasteiger partial charge in [-0.1, -0.05) is 0 Å². The lowest BCUT2D eigenvalue weighted by molar-refractivity contribution is -0.352. The Kier molecular flexibility index (Phi) is 6.57. The van der Waals surface area contributed by atoms with Gasteiger partial charge in [0.15, 0.2) is 12.6 Å². The molecular formula is C17H26O11. The van der Waals surface area contributed by atoms with E-state index in [1.165, 1.54) is 13.4 Å². The van der Waals surface area contributed by atoms with Gasteiger partial charge in [0.05, 0.1) is 37.6 Å². The van der Waals surface area contributed by atoms with Crippen LogP contribution in [0.2, 0.25) is 0 Å². The number of carbonyl (C=O) groups excluding carboxylic acids is 1. The number of rotatable bonds is 4. The second-order valence-corrected chi connectivity index (χ2v) is 7.12. The fraction of sp³-hybridized carbons (Fsp3) is 0.824. The molecule has 2 saturated heterocycles. The molecule has 11 heteroatoms. The van der Waals surface area contributed by atoms with Crippen molar-refractivity contribution in [1.29, 1.82) is 0 Å². The van der Waals surface area contributed by atoms with Gasteiger partial charge >= 0.3 is 5.97 Å². The lowest BCUT2D eigenvalue weighted by Gasteiger charge is -2.47. The largest absolute Gasteiger partial charge is 0.471 e. The molecule has 5 N–H and O–H groups in total. The molecule has 0 aromatic rings. The summed E-state index contributed by atoms with van der Waals surface area (Å²) in [6, 6.07) is 0. The highest BCUT2D eigenvalue weighted by Crippen LogP contribution is 2.42. The number of ether oxygens (including phenoxy) is 5. The molecule has 28 heavy (non-hydrogen) atoms. The van der Waals surface area contributed by atoms with E-state index in [9.17, 15) is 30.3 Å². The first-order chi connectivity index (χ1) is 13.3. The molecule has 0 bridgehead atoms. The minimum atomic E-state index is -1.60. The molecule has 0 saturated carbocycles. The molecule has 0 amide bonds. The van der Waals surface area contributed by atoms with Crippen LogP contribution in [0, 0.1) is 11.8 Å². The van der Waals surface area contributed by atoms with E-state index in [1.54, 1.807) is 6.92 Å². The SMILES string of the molecule is COC(=O)C1=CO[C@@H](O[C@@H]2O[C@H](CO)[C@@H](O)[C@H](O)[C@H]2O)[C@H]2[C@@H]1CC(O)O[C@@H]2C. The minimum absolute atomic E-state index is 0.105. The van der Waals surface area contributed by atoms with Crippen molar-refractivity contribution in [2.75, 3.05) is 13.7 Å². The molecule has 160 valence electrons. The minimum Gasteiger partial charge on any atom is -0.471 e. The van der Waals surface area contributed by atoms with Gasteiger partial charge in [-0.25, -0.2) is 4.79 Å². The molecule has 0 radical (unpaired) electrons. The fourth-order valence-electron chi connectivity index (χ4n) is 3.91. The van der Waals surface area contributed by atoms with Crippen LogP contribution in [0.5, 0.6) is 0 Å². The Labute approximate surface area is 161 Å². The van der Waals surface area contributed by atoms with Gasteiger partial charge in [0.2, 0.25) is 6.29 Å². The Bertz CT molecular complexity index is 594. The number of esters is 1. The summed E-state index contributed by atoms with van der Waals surface area (Å²) >= 11 is 0. The normalized spacial score (nSPS) is 46.2. The number of aliphatic hydroxyl groups excluding tert-OH is 5. The molecule has 0 aromatic carbocycles. The van der Waals surface area contributed by atoms with Crippen LogP contribution in [-0.4, -0.2) is 94.6 Å². The van der Waals surface area contributed by atoms with Gasteiger partial charge in [-0.05, 0) is 6.92 Å². The molecule has 3 aliphatic heterocycles. The summed E-state index contributed by atoms with van der Waals surface area (Å²) in [5, 5.41) is 49.2. The number of aliphatic hydroxyl groups is 5. The molecule has 3 aliphatic rings. The van der Waals surface area contributed by atoms with Gasteiger partial charge in [0, 0.05) is 12.3 Å². The number of methoxy groups -OCH3 is 1. The van der Waals surface area contributed by atoms with E-state index in [2.05, 4.69) is 0 Å². The van der Waals surface area contributed by atoms with Crippen LogP contribution in [0.3, 0.4) is 0 Å². The van der Waals surface area contributed by atoms with Crippen molar-refractivity contribution < 1.29 is 54.0 Å². The van der Waals surface area contributed by atoms with Gasteiger partial charge in [0.1, 0.15) is 24.4 Å². The summed E-state index contributed by atoms with van der Waals surface area (Å²) in [6.45, 7) is 1.08. The van der Waals surface area contributed by atoms with Crippen molar-refractivity contribution in [2.24, 2.45) is 11.8 Å². The van der Waals surface area contributed by atoms with Crippen LogP contribution in [0.25, 0.3) is 0 Å². The summed E-state index contributed by atoms with van der Waals surface area (Å²) in [4.78, 5) is 12.1. The van der Waals surface area contributed by atoms with Crippen molar-refractivity contribution in [3.63, 3.8) is 0 Å². The zero-order valence-electron chi connectivity index (χ0n) is 15.5. The molecular weight excluding hydrogens is 380 g/mol. The Morgan fingerprint density at radius 1 is 1.14 bits per heavy atom. The van der Waals surface area contributed by atoms with Crippen molar-refractivity contribution >= 4 is 5.97 Å². The van der Waals surface area contributed by atoms with Crippen LogP contribution in [0.4, 0.5) is 0 Å². The number of fused-ring (bicyclic) bond motifs is 1. The van der Waals surface area contributed by atoms with E-state index < -0.39 is 73.8 Å². The van der Waals surface area contributed by atoms with Crippen molar-refractivity contribution in [3.8, 4) is 0 Å². The highest BCUT2D eigenvalue weighted by Gasteiger charge is 2.51. The molecule has 1 unspecified atom stereocenters. The first-order valence-corrected chi connectivity index (χ1v) is 9.01. The Morgan fingerprint density at radius 3 is 2.50 bits per heavy atom. The number of hydrogen-bond acceptors (Lipinski definition) is 11. The lowest BCUT2D eigenvalue weighted by atomic mass is 9.77. The Hall–Kier alpha value is -1.31. The molecule has 11 nitrogen and oxygen atoms in total. The molecule has 2 fully saturated rings. The number of hydrogen-bond donors (Lipinski definition) is 5. The molecule has 0 spiro atoms. The highest BCUT2D eigenvalue weighted by molar-refractivity contribution is 5.88. The van der Waals surface area contributed by atoms with Crippen molar-refractivity contribution in [2.45, 2.75) is 62.7 Å². The fourth-order valence-corrected chi connectivity index (χ4v) is 3.91. The number of carbonyl (C=O) groups is 1. The van der Waals surface area contributed by atoms with E-state index in [4.69, 9.17) is 23.7 Å². The standard InChI is InChI=1S/C17H26O11/c1-6-11-7(3-10(19)26-6)8(15(23)24-2)5-25-16(11)28-17-14(22)13(21)12(20)9(4-18)27-17/h5-7,9-14,16-22H,3-4H2,1-2H3/t6-,7-,9-,10?,11-,12-,13+,14-,16+,17+/m1/s1. The van der Waals surface area contributed by atoms with Gasteiger partial charge < -0.3 is 49.2 Å². The van der Waals surface area contributed by atoms with Gasteiger partial charge in [0.25, 0.3) is 0 Å². The maximum atomic E-state index is 12.1. The van der Waals surface area contributed by atoms with Crippen LogP contribution in [-0.2, 0) is 28.5 Å². The summed E-state index contributed by atoms with van der Waals surface area (Å²) in [5.41, 5.74) is 0.218. The molecule has 0 aliphatic carbocycles. The van der Waals surface area contributed by atoms with E-state index in [1.807, 2.05) is 0 Å². The zero-order valence-corrected chi connectivity index (χ0v) is 15.5. The summed E-state index contributed by atoms with van der Waals surface area (Å²) in [7, 11) is 1.23. The molecule has 10 atom stereocenters. The third kappa shape index (κ3) is 3.89. The Morgan fingerprint density at radius 2 is 1.86 bits per heavy atom. The molecule has 3 heterocycles. The molecule has 0 aromatic heterocycles. The lowest BCUT2D eigenvalue weighted by Crippen LogP contribution is -2.61. The Balaban J connectivity index is 1.81.